The zero-order chi connectivity index (χ0) is 14.3. The van der Waals surface area contributed by atoms with Crippen LogP contribution in [0.4, 0.5) is 0 Å². The summed E-state index contributed by atoms with van der Waals surface area (Å²) in [4.78, 5) is 15.4. The van der Waals surface area contributed by atoms with Gasteiger partial charge in [-0.3, -0.25) is 4.98 Å². The van der Waals surface area contributed by atoms with Crippen LogP contribution in [0.5, 0.6) is 0 Å². The summed E-state index contributed by atoms with van der Waals surface area (Å²) in [5.41, 5.74) is 1.26. The highest BCUT2D eigenvalue weighted by Gasteiger charge is 2.07. The molecule has 19 heavy (non-hydrogen) atoms. The fourth-order valence-electron chi connectivity index (χ4n) is 1.76. The quantitative estimate of drug-likeness (QED) is 0.729. The fourth-order valence-corrected chi connectivity index (χ4v) is 1.76. The van der Waals surface area contributed by atoms with Crippen LogP contribution in [-0.2, 0) is 11.3 Å². The van der Waals surface area contributed by atoms with Gasteiger partial charge in [-0.2, -0.15) is 0 Å². The van der Waals surface area contributed by atoms with E-state index in [0.29, 0.717) is 24.6 Å². The van der Waals surface area contributed by atoms with Crippen LogP contribution in [0, 0.1) is 5.92 Å². The molecule has 5 heteroatoms. The summed E-state index contributed by atoms with van der Waals surface area (Å²) in [7, 11) is 1.34. The minimum atomic E-state index is -0.389. The number of aliphatic hydroxyl groups excluding tert-OH is 1. The van der Waals surface area contributed by atoms with E-state index in [4.69, 9.17) is 0 Å². The minimum absolute atomic E-state index is 0.339. The second-order valence-corrected chi connectivity index (χ2v) is 4.94. The van der Waals surface area contributed by atoms with Crippen molar-refractivity contribution in [3.63, 3.8) is 0 Å². The average molecular weight is 266 g/mol. The molecule has 0 amide bonds. The Labute approximate surface area is 114 Å². The van der Waals surface area contributed by atoms with E-state index in [1.54, 1.807) is 12.1 Å². The zero-order valence-corrected chi connectivity index (χ0v) is 11.7. The molecule has 0 aliphatic heterocycles. The molecule has 106 valence electrons. The molecule has 2 N–H and O–H groups in total. The molecule has 0 fully saturated rings. The van der Waals surface area contributed by atoms with Crippen LogP contribution in [0.3, 0.4) is 0 Å². The SMILES string of the molecule is COC(=O)c1ccc(CNCC(O)CC(C)C)nc1. The lowest BCUT2D eigenvalue weighted by molar-refractivity contribution is 0.0600. The summed E-state index contributed by atoms with van der Waals surface area (Å²) in [5, 5.41) is 12.8. The van der Waals surface area contributed by atoms with Crippen molar-refractivity contribution in [2.24, 2.45) is 5.92 Å². The van der Waals surface area contributed by atoms with E-state index in [1.807, 2.05) is 0 Å². The van der Waals surface area contributed by atoms with Crippen molar-refractivity contribution in [3.05, 3.63) is 29.6 Å². The molecule has 0 spiro atoms. The van der Waals surface area contributed by atoms with Crippen molar-refractivity contribution in [2.45, 2.75) is 32.9 Å². The summed E-state index contributed by atoms with van der Waals surface area (Å²) in [6.07, 6.45) is 1.93. The van der Waals surface area contributed by atoms with Crippen LogP contribution in [0.25, 0.3) is 0 Å². The van der Waals surface area contributed by atoms with Gasteiger partial charge in [-0.25, -0.2) is 4.79 Å². The van der Waals surface area contributed by atoms with Gasteiger partial charge in [0.1, 0.15) is 0 Å². The first-order valence-corrected chi connectivity index (χ1v) is 6.45. The number of nitrogens with zero attached hydrogens (tertiary/aromatic N) is 1. The number of pyridine rings is 1. The number of ether oxygens (including phenoxy) is 1. The van der Waals surface area contributed by atoms with Gasteiger partial charge < -0.3 is 15.2 Å². The summed E-state index contributed by atoms with van der Waals surface area (Å²) < 4.78 is 4.60. The molecule has 1 unspecified atom stereocenters. The number of hydrogen-bond acceptors (Lipinski definition) is 5. The van der Waals surface area contributed by atoms with Crippen molar-refractivity contribution < 1.29 is 14.6 Å². The third-order valence-corrected chi connectivity index (χ3v) is 2.68. The maximum absolute atomic E-state index is 11.2. The molecular weight excluding hydrogens is 244 g/mol. The van der Waals surface area contributed by atoms with E-state index >= 15 is 0 Å². The molecule has 5 nitrogen and oxygen atoms in total. The van der Waals surface area contributed by atoms with Gasteiger partial charge in [-0.1, -0.05) is 13.8 Å². The van der Waals surface area contributed by atoms with Crippen LogP contribution >= 0.6 is 0 Å². The molecule has 0 radical (unpaired) electrons. The first-order valence-electron chi connectivity index (χ1n) is 6.45. The van der Waals surface area contributed by atoms with Crippen LogP contribution in [-0.4, -0.2) is 35.8 Å². The van der Waals surface area contributed by atoms with Crippen molar-refractivity contribution in [1.82, 2.24) is 10.3 Å². The summed E-state index contributed by atoms with van der Waals surface area (Å²) >= 11 is 0. The summed E-state index contributed by atoms with van der Waals surface area (Å²) in [6.45, 7) is 5.27. The molecule has 0 aliphatic carbocycles. The van der Waals surface area contributed by atoms with Gasteiger partial charge in [0.15, 0.2) is 0 Å². The van der Waals surface area contributed by atoms with Gasteiger partial charge in [0.05, 0.1) is 24.5 Å². The molecule has 0 saturated heterocycles. The van der Waals surface area contributed by atoms with E-state index < -0.39 is 0 Å². The lowest BCUT2D eigenvalue weighted by atomic mass is 10.1. The van der Waals surface area contributed by atoms with E-state index in [-0.39, 0.29) is 12.1 Å². The molecular formula is C14H22N2O3. The summed E-state index contributed by atoms with van der Waals surface area (Å²) in [6, 6.07) is 3.45. The topological polar surface area (TPSA) is 71.5 Å². The number of rotatable bonds is 7. The first-order chi connectivity index (χ1) is 9.02. The Morgan fingerprint density at radius 3 is 2.74 bits per heavy atom. The average Bonchev–Trinajstić information content (AvgIpc) is 2.37. The Bertz CT molecular complexity index is 390. The van der Waals surface area contributed by atoms with Crippen LogP contribution in [0.1, 0.15) is 36.3 Å². The third kappa shape index (κ3) is 5.81. The molecule has 0 bridgehead atoms. The van der Waals surface area contributed by atoms with Crippen molar-refractivity contribution in [3.8, 4) is 0 Å². The van der Waals surface area contributed by atoms with Crippen LogP contribution in [0.2, 0.25) is 0 Å². The number of carbonyl (C=O) groups is 1. The predicted molar refractivity (Wildman–Crippen MR) is 72.7 cm³/mol. The number of methoxy groups -OCH3 is 1. The monoisotopic (exact) mass is 266 g/mol. The molecule has 1 aromatic heterocycles. The van der Waals surface area contributed by atoms with Gasteiger partial charge in [-0.05, 0) is 24.5 Å². The normalized spacial score (nSPS) is 12.5. The zero-order valence-electron chi connectivity index (χ0n) is 11.7. The largest absolute Gasteiger partial charge is 0.465 e. The standard InChI is InChI=1S/C14H22N2O3/c1-10(2)6-13(17)9-15-8-12-5-4-11(7-16-12)14(18)19-3/h4-5,7,10,13,15,17H,6,8-9H2,1-3H3. The minimum Gasteiger partial charge on any atom is -0.465 e. The van der Waals surface area contributed by atoms with E-state index in [2.05, 4.69) is 28.9 Å². The fraction of sp³-hybridized carbons (Fsp3) is 0.571. The Hall–Kier alpha value is -1.46. The molecule has 0 saturated carbocycles. The predicted octanol–water partition coefficient (Wildman–Crippen LogP) is 1.36. The molecule has 1 atom stereocenters. The third-order valence-electron chi connectivity index (χ3n) is 2.68. The summed E-state index contributed by atoms with van der Waals surface area (Å²) in [5.74, 6) is 0.0913. The second-order valence-electron chi connectivity index (χ2n) is 4.94. The van der Waals surface area contributed by atoms with E-state index in [9.17, 15) is 9.90 Å². The number of esters is 1. The number of nitrogens with one attached hydrogen (secondary N) is 1. The highest BCUT2D eigenvalue weighted by atomic mass is 16.5. The molecule has 0 aliphatic rings. The Morgan fingerprint density at radius 1 is 1.47 bits per heavy atom. The highest BCUT2D eigenvalue weighted by molar-refractivity contribution is 5.88. The van der Waals surface area contributed by atoms with Crippen LogP contribution in [0.15, 0.2) is 18.3 Å². The molecule has 1 rings (SSSR count). The van der Waals surface area contributed by atoms with Crippen LogP contribution < -0.4 is 5.32 Å². The Kier molecular flexibility index (Phi) is 6.45. The first kappa shape index (κ1) is 15.6. The maximum atomic E-state index is 11.2. The van der Waals surface area contributed by atoms with Gasteiger partial charge in [0.2, 0.25) is 0 Å². The molecule has 1 heterocycles. The van der Waals surface area contributed by atoms with Gasteiger partial charge in [-0.15, -0.1) is 0 Å². The smallest absolute Gasteiger partial charge is 0.339 e. The van der Waals surface area contributed by atoms with Crippen molar-refractivity contribution in [2.75, 3.05) is 13.7 Å². The van der Waals surface area contributed by atoms with Gasteiger partial charge in [0, 0.05) is 19.3 Å². The van der Waals surface area contributed by atoms with Crippen molar-refractivity contribution >= 4 is 5.97 Å². The number of carbonyl (C=O) groups excluding carboxylic acids is 1. The number of aromatic nitrogens is 1. The van der Waals surface area contributed by atoms with E-state index in [0.717, 1.165) is 12.1 Å². The highest BCUT2D eigenvalue weighted by Crippen LogP contribution is 2.04. The Balaban J connectivity index is 2.36. The molecule has 0 aromatic carbocycles. The second kappa shape index (κ2) is 7.86. The van der Waals surface area contributed by atoms with Gasteiger partial charge in [0.25, 0.3) is 0 Å². The number of hydrogen-bond donors (Lipinski definition) is 2. The Morgan fingerprint density at radius 2 is 2.21 bits per heavy atom. The lowest BCUT2D eigenvalue weighted by Gasteiger charge is -2.13. The lowest BCUT2D eigenvalue weighted by Crippen LogP contribution is -2.27. The van der Waals surface area contributed by atoms with Crippen molar-refractivity contribution in [1.29, 1.82) is 0 Å². The molecule has 1 aromatic rings. The van der Waals surface area contributed by atoms with Gasteiger partial charge >= 0.3 is 5.97 Å². The maximum Gasteiger partial charge on any atom is 0.339 e. The van der Waals surface area contributed by atoms with E-state index in [1.165, 1.54) is 13.3 Å². The number of aliphatic hydroxyl groups is 1.